The number of carbonyl (C=O) groups excluding carboxylic acids is 1. The molecule has 1 heterocycles. The summed E-state index contributed by atoms with van der Waals surface area (Å²) in [7, 11) is 0. The highest BCUT2D eigenvalue weighted by Gasteiger charge is 2.27. The Morgan fingerprint density at radius 2 is 2.00 bits per heavy atom. The Balaban J connectivity index is 0.00000180. The van der Waals surface area contributed by atoms with Crippen molar-refractivity contribution in [2.75, 3.05) is 19.6 Å². The fraction of sp³-hybridized carbons (Fsp3) is 0.929. The van der Waals surface area contributed by atoms with E-state index in [0.29, 0.717) is 31.1 Å². The van der Waals surface area contributed by atoms with Crippen LogP contribution in [0.5, 0.6) is 0 Å². The van der Waals surface area contributed by atoms with Crippen molar-refractivity contribution >= 4 is 18.3 Å². The lowest BCUT2D eigenvalue weighted by Gasteiger charge is -2.30. The molecule has 4 nitrogen and oxygen atoms in total. The lowest BCUT2D eigenvalue weighted by atomic mass is 9.86. The molecule has 3 atom stereocenters. The predicted octanol–water partition coefficient (Wildman–Crippen LogP) is 1.53. The number of hydrogen-bond acceptors (Lipinski definition) is 3. The summed E-state index contributed by atoms with van der Waals surface area (Å²) in [5.74, 6) is 0.820. The molecule has 112 valence electrons. The number of amides is 1. The van der Waals surface area contributed by atoms with Crippen molar-refractivity contribution in [2.24, 2.45) is 11.7 Å². The second-order valence-electron chi connectivity index (χ2n) is 5.94. The molecule has 3 unspecified atom stereocenters. The summed E-state index contributed by atoms with van der Waals surface area (Å²) in [6.45, 7) is 4.48. The van der Waals surface area contributed by atoms with Gasteiger partial charge in [0, 0.05) is 18.6 Å². The van der Waals surface area contributed by atoms with Gasteiger partial charge in [0.1, 0.15) is 0 Å². The Hall–Kier alpha value is -0.320. The summed E-state index contributed by atoms with van der Waals surface area (Å²) in [5.41, 5.74) is 5.73. The van der Waals surface area contributed by atoms with Crippen LogP contribution in [-0.4, -0.2) is 42.5 Å². The Labute approximate surface area is 122 Å². The van der Waals surface area contributed by atoms with Crippen molar-refractivity contribution in [1.82, 2.24) is 10.2 Å². The smallest absolute Gasteiger partial charge is 0.234 e. The van der Waals surface area contributed by atoms with Gasteiger partial charge >= 0.3 is 0 Å². The van der Waals surface area contributed by atoms with E-state index < -0.39 is 0 Å². The van der Waals surface area contributed by atoms with Gasteiger partial charge in [0.25, 0.3) is 0 Å². The molecule has 1 saturated heterocycles. The maximum Gasteiger partial charge on any atom is 0.234 e. The van der Waals surface area contributed by atoms with Gasteiger partial charge in [0.2, 0.25) is 5.91 Å². The third-order valence-electron chi connectivity index (χ3n) is 4.58. The van der Waals surface area contributed by atoms with Crippen LogP contribution in [0.15, 0.2) is 0 Å². The van der Waals surface area contributed by atoms with Crippen LogP contribution in [0, 0.1) is 5.92 Å². The van der Waals surface area contributed by atoms with Crippen LogP contribution in [-0.2, 0) is 4.79 Å². The maximum absolute atomic E-state index is 12.1. The molecule has 0 bridgehead atoms. The molecule has 0 aromatic carbocycles. The molecular formula is C14H28ClN3O. The molecule has 2 aliphatic rings. The Morgan fingerprint density at radius 1 is 1.26 bits per heavy atom. The molecule has 0 aromatic heterocycles. The number of hydrogen-bond donors (Lipinski definition) is 2. The van der Waals surface area contributed by atoms with Crippen LogP contribution in [0.3, 0.4) is 0 Å². The first-order valence-electron chi connectivity index (χ1n) is 7.44. The molecule has 0 spiro atoms. The second kappa shape index (κ2) is 8.08. The predicted molar refractivity (Wildman–Crippen MR) is 80.5 cm³/mol. The number of carbonyl (C=O) groups is 1. The summed E-state index contributed by atoms with van der Waals surface area (Å²) < 4.78 is 0. The van der Waals surface area contributed by atoms with Crippen LogP contribution < -0.4 is 11.1 Å². The minimum atomic E-state index is 0. The van der Waals surface area contributed by atoms with E-state index >= 15 is 0 Å². The molecule has 19 heavy (non-hydrogen) atoms. The van der Waals surface area contributed by atoms with E-state index in [4.69, 9.17) is 5.73 Å². The Morgan fingerprint density at radius 3 is 2.68 bits per heavy atom. The summed E-state index contributed by atoms with van der Waals surface area (Å²) in [6.07, 6.45) is 7.28. The first-order valence-corrected chi connectivity index (χ1v) is 7.44. The van der Waals surface area contributed by atoms with Crippen LogP contribution >= 0.6 is 12.4 Å². The highest BCUT2D eigenvalue weighted by molar-refractivity contribution is 5.85. The summed E-state index contributed by atoms with van der Waals surface area (Å²) in [4.78, 5) is 14.3. The van der Waals surface area contributed by atoms with Gasteiger partial charge in [0.15, 0.2) is 0 Å². The van der Waals surface area contributed by atoms with Crippen LogP contribution in [0.25, 0.3) is 0 Å². The molecule has 1 amide bonds. The van der Waals surface area contributed by atoms with Gasteiger partial charge in [-0.15, -0.1) is 12.4 Å². The summed E-state index contributed by atoms with van der Waals surface area (Å²) in [5, 5.41) is 3.22. The minimum absolute atomic E-state index is 0. The highest BCUT2D eigenvalue weighted by atomic mass is 35.5. The van der Waals surface area contributed by atoms with Crippen LogP contribution in [0.1, 0.15) is 45.4 Å². The van der Waals surface area contributed by atoms with Gasteiger partial charge in [-0.1, -0.05) is 19.8 Å². The van der Waals surface area contributed by atoms with Crippen LogP contribution in [0.2, 0.25) is 0 Å². The van der Waals surface area contributed by atoms with Crippen molar-refractivity contribution in [3.8, 4) is 0 Å². The molecule has 1 aliphatic heterocycles. The Bertz CT molecular complexity index is 282. The molecule has 2 rings (SSSR count). The standard InChI is InChI=1S/C14H27N3O.ClH/c1-11-5-2-3-7-13(11)16-14(18)10-17-8-4-6-12(17)9-15;/h11-13H,2-10,15H2,1H3,(H,16,18);1H. The molecular weight excluding hydrogens is 262 g/mol. The molecule has 0 aromatic rings. The third-order valence-corrected chi connectivity index (χ3v) is 4.58. The van der Waals surface area contributed by atoms with E-state index in [1.54, 1.807) is 0 Å². The zero-order chi connectivity index (χ0) is 13.0. The molecule has 1 aliphatic carbocycles. The van der Waals surface area contributed by atoms with Crippen molar-refractivity contribution < 1.29 is 4.79 Å². The number of nitrogens with one attached hydrogen (secondary N) is 1. The Kier molecular flexibility index (Phi) is 7.11. The SMILES string of the molecule is CC1CCCCC1NC(=O)CN1CCCC1CN.Cl. The van der Waals surface area contributed by atoms with E-state index in [2.05, 4.69) is 17.1 Å². The van der Waals surface area contributed by atoms with Gasteiger partial charge in [-0.25, -0.2) is 0 Å². The third kappa shape index (κ3) is 4.62. The largest absolute Gasteiger partial charge is 0.352 e. The molecule has 1 saturated carbocycles. The van der Waals surface area contributed by atoms with Gasteiger partial charge in [-0.3, -0.25) is 9.69 Å². The maximum atomic E-state index is 12.1. The fourth-order valence-corrected chi connectivity index (χ4v) is 3.34. The minimum Gasteiger partial charge on any atom is -0.352 e. The summed E-state index contributed by atoms with van der Waals surface area (Å²) >= 11 is 0. The van der Waals surface area contributed by atoms with E-state index in [-0.39, 0.29) is 18.3 Å². The summed E-state index contributed by atoms with van der Waals surface area (Å²) in [6, 6.07) is 0.810. The average Bonchev–Trinajstić information content (AvgIpc) is 2.79. The van der Waals surface area contributed by atoms with Gasteiger partial charge in [-0.05, 0) is 38.1 Å². The monoisotopic (exact) mass is 289 g/mol. The van der Waals surface area contributed by atoms with Crippen LogP contribution in [0.4, 0.5) is 0 Å². The number of rotatable bonds is 4. The van der Waals surface area contributed by atoms with E-state index in [1.165, 1.54) is 25.7 Å². The topological polar surface area (TPSA) is 58.4 Å². The van der Waals surface area contributed by atoms with Crippen molar-refractivity contribution in [3.05, 3.63) is 0 Å². The second-order valence-corrected chi connectivity index (χ2v) is 5.94. The van der Waals surface area contributed by atoms with Gasteiger partial charge in [0.05, 0.1) is 6.54 Å². The van der Waals surface area contributed by atoms with E-state index in [9.17, 15) is 4.79 Å². The molecule has 2 fully saturated rings. The lowest BCUT2D eigenvalue weighted by Crippen LogP contribution is -2.47. The van der Waals surface area contributed by atoms with Crippen molar-refractivity contribution in [2.45, 2.75) is 57.5 Å². The normalized spacial score (nSPS) is 31.8. The number of halogens is 1. The zero-order valence-corrected chi connectivity index (χ0v) is 12.8. The number of nitrogens with zero attached hydrogens (tertiary/aromatic N) is 1. The molecule has 5 heteroatoms. The van der Waals surface area contributed by atoms with E-state index in [0.717, 1.165) is 19.4 Å². The van der Waals surface area contributed by atoms with Crippen molar-refractivity contribution in [3.63, 3.8) is 0 Å². The zero-order valence-electron chi connectivity index (χ0n) is 11.9. The van der Waals surface area contributed by atoms with Gasteiger partial charge in [-0.2, -0.15) is 0 Å². The van der Waals surface area contributed by atoms with Crippen molar-refractivity contribution in [1.29, 1.82) is 0 Å². The molecule has 0 radical (unpaired) electrons. The first-order chi connectivity index (χ1) is 8.70. The fourth-order valence-electron chi connectivity index (χ4n) is 3.34. The average molecular weight is 290 g/mol. The van der Waals surface area contributed by atoms with E-state index in [1.807, 2.05) is 0 Å². The van der Waals surface area contributed by atoms with Gasteiger partial charge < -0.3 is 11.1 Å². The number of nitrogens with two attached hydrogens (primary N) is 1. The molecule has 3 N–H and O–H groups in total. The first kappa shape index (κ1) is 16.7. The lowest BCUT2D eigenvalue weighted by molar-refractivity contribution is -0.123. The quantitative estimate of drug-likeness (QED) is 0.825. The number of likely N-dealkylation sites (tertiary alicyclic amines) is 1. The highest BCUT2D eigenvalue weighted by Crippen LogP contribution is 2.23.